The number of rotatable bonds is 3. The maximum atomic E-state index is 10.6. The van der Waals surface area contributed by atoms with Crippen molar-refractivity contribution in [3.05, 3.63) is 75.4 Å². The predicted octanol–water partition coefficient (Wildman–Crippen LogP) is 4.98. The Labute approximate surface area is 128 Å². The standard InChI is InChI=1S/C20H24O/c1-13-14(2)16(4)20(17(5)15(13)3)19(21)12-11-18-9-7-6-8-10-18/h6-12,19,21H,1-5H3/b12-11+/t19-/m1/s1. The molecule has 110 valence electrons. The zero-order valence-electron chi connectivity index (χ0n) is 13.6. The molecule has 0 saturated heterocycles. The SMILES string of the molecule is Cc1c(C)c(C)c([C@H](O)/C=C/c2ccccc2)c(C)c1C. The Kier molecular flexibility index (Phi) is 4.64. The van der Waals surface area contributed by atoms with Crippen LogP contribution < -0.4 is 0 Å². The van der Waals surface area contributed by atoms with E-state index in [0.29, 0.717) is 0 Å². The van der Waals surface area contributed by atoms with Crippen molar-refractivity contribution in [2.75, 3.05) is 0 Å². The molecule has 0 saturated carbocycles. The third-order valence-corrected chi connectivity index (χ3v) is 4.62. The van der Waals surface area contributed by atoms with Gasteiger partial charge in [-0.1, -0.05) is 42.5 Å². The Morgan fingerprint density at radius 1 is 0.762 bits per heavy atom. The van der Waals surface area contributed by atoms with Gasteiger partial charge in [0.25, 0.3) is 0 Å². The third-order valence-electron chi connectivity index (χ3n) is 4.62. The minimum Gasteiger partial charge on any atom is -0.384 e. The van der Waals surface area contributed by atoms with Gasteiger partial charge in [-0.15, -0.1) is 0 Å². The number of benzene rings is 2. The van der Waals surface area contributed by atoms with Crippen molar-refractivity contribution in [1.29, 1.82) is 0 Å². The molecule has 2 aromatic rings. The topological polar surface area (TPSA) is 20.2 Å². The molecule has 0 aliphatic carbocycles. The van der Waals surface area contributed by atoms with Gasteiger partial charge in [0.1, 0.15) is 0 Å². The highest BCUT2D eigenvalue weighted by molar-refractivity contribution is 5.54. The largest absolute Gasteiger partial charge is 0.384 e. The molecule has 2 aromatic carbocycles. The normalized spacial score (nSPS) is 12.9. The lowest BCUT2D eigenvalue weighted by Gasteiger charge is -2.21. The van der Waals surface area contributed by atoms with E-state index >= 15 is 0 Å². The average molecular weight is 280 g/mol. The summed E-state index contributed by atoms with van der Waals surface area (Å²) in [5, 5.41) is 10.6. The molecule has 1 atom stereocenters. The lowest BCUT2D eigenvalue weighted by molar-refractivity contribution is 0.228. The van der Waals surface area contributed by atoms with Gasteiger partial charge in [-0.25, -0.2) is 0 Å². The molecule has 0 fully saturated rings. The van der Waals surface area contributed by atoms with Crippen molar-refractivity contribution in [3.63, 3.8) is 0 Å². The van der Waals surface area contributed by atoms with Crippen molar-refractivity contribution in [2.45, 2.75) is 40.7 Å². The summed E-state index contributed by atoms with van der Waals surface area (Å²) in [5.74, 6) is 0. The Balaban J connectivity index is 2.40. The second-order valence-corrected chi connectivity index (χ2v) is 5.75. The molecule has 0 amide bonds. The first-order chi connectivity index (χ1) is 9.93. The van der Waals surface area contributed by atoms with Crippen molar-refractivity contribution < 1.29 is 5.11 Å². The minimum absolute atomic E-state index is 0.566. The molecule has 21 heavy (non-hydrogen) atoms. The minimum atomic E-state index is -0.566. The van der Waals surface area contributed by atoms with E-state index in [2.05, 4.69) is 34.6 Å². The van der Waals surface area contributed by atoms with Gasteiger partial charge in [-0.2, -0.15) is 0 Å². The van der Waals surface area contributed by atoms with Gasteiger partial charge in [-0.3, -0.25) is 0 Å². The van der Waals surface area contributed by atoms with Gasteiger partial charge in [0, 0.05) is 0 Å². The van der Waals surface area contributed by atoms with Gasteiger partial charge in [-0.05, 0) is 73.6 Å². The van der Waals surface area contributed by atoms with Crippen molar-refractivity contribution in [1.82, 2.24) is 0 Å². The molecule has 0 bridgehead atoms. The monoisotopic (exact) mass is 280 g/mol. The summed E-state index contributed by atoms with van der Waals surface area (Å²) in [6.45, 7) is 10.6. The fourth-order valence-electron chi connectivity index (χ4n) is 2.84. The molecule has 2 rings (SSSR count). The maximum absolute atomic E-state index is 10.6. The van der Waals surface area contributed by atoms with Crippen LogP contribution in [-0.2, 0) is 0 Å². The van der Waals surface area contributed by atoms with Crippen LogP contribution in [-0.4, -0.2) is 5.11 Å². The Bertz CT molecular complexity index is 637. The summed E-state index contributed by atoms with van der Waals surface area (Å²) in [6, 6.07) is 10.1. The van der Waals surface area contributed by atoms with Gasteiger partial charge in [0.05, 0.1) is 6.10 Å². The van der Waals surface area contributed by atoms with Crippen LogP contribution in [0.4, 0.5) is 0 Å². The van der Waals surface area contributed by atoms with Crippen LogP contribution in [0.2, 0.25) is 0 Å². The second-order valence-electron chi connectivity index (χ2n) is 5.75. The van der Waals surface area contributed by atoms with E-state index < -0.39 is 6.10 Å². The molecule has 0 aliphatic heterocycles. The fourth-order valence-corrected chi connectivity index (χ4v) is 2.84. The molecule has 1 heteroatoms. The zero-order chi connectivity index (χ0) is 15.6. The van der Waals surface area contributed by atoms with Crippen molar-refractivity contribution in [2.24, 2.45) is 0 Å². The lowest BCUT2D eigenvalue weighted by Crippen LogP contribution is -2.06. The van der Waals surface area contributed by atoms with Crippen LogP contribution in [0.15, 0.2) is 36.4 Å². The van der Waals surface area contributed by atoms with E-state index in [9.17, 15) is 5.11 Å². The summed E-state index contributed by atoms with van der Waals surface area (Å²) in [6.07, 6.45) is 3.29. The van der Waals surface area contributed by atoms with E-state index in [1.54, 1.807) is 0 Å². The van der Waals surface area contributed by atoms with Crippen molar-refractivity contribution in [3.8, 4) is 0 Å². The molecule has 0 aromatic heterocycles. The van der Waals surface area contributed by atoms with E-state index in [1.165, 1.54) is 27.8 Å². The molecule has 0 spiro atoms. The van der Waals surface area contributed by atoms with Gasteiger partial charge >= 0.3 is 0 Å². The predicted molar refractivity (Wildman–Crippen MR) is 90.6 cm³/mol. The van der Waals surface area contributed by atoms with Crippen molar-refractivity contribution >= 4 is 6.08 Å². The van der Waals surface area contributed by atoms with Crippen LogP contribution in [0, 0.1) is 34.6 Å². The molecule has 0 unspecified atom stereocenters. The summed E-state index contributed by atoms with van der Waals surface area (Å²) < 4.78 is 0. The highest BCUT2D eigenvalue weighted by Gasteiger charge is 2.16. The van der Waals surface area contributed by atoms with E-state index in [0.717, 1.165) is 11.1 Å². The third kappa shape index (κ3) is 3.08. The maximum Gasteiger partial charge on any atom is 0.0980 e. The van der Waals surface area contributed by atoms with E-state index in [-0.39, 0.29) is 0 Å². The lowest BCUT2D eigenvalue weighted by atomic mass is 9.87. The Morgan fingerprint density at radius 2 is 1.24 bits per heavy atom. The number of aliphatic hydroxyl groups is 1. The summed E-state index contributed by atoms with van der Waals surface area (Å²) in [7, 11) is 0. The first-order valence-electron chi connectivity index (χ1n) is 7.41. The fraction of sp³-hybridized carbons (Fsp3) is 0.300. The summed E-state index contributed by atoms with van der Waals surface area (Å²) in [5.41, 5.74) is 8.42. The second kappa shape index (κ2) is 6.28. The van der Waals surface area contributed by atoms with Crippen LogP contribution in [0.5, 0.6) is 0 Å². The van der Waals surface area contributed by atoms with Crippen LogP contribution in [0.3, 0.4) is 0 Å². The molecular weight excluding hydrogens is 256 g/mol. The molecule has 0 heterocycles. The average Bonchev–Trinajstić information content (AvgIpc) is 2.50. The van der Waals surface area contributed by atoms with E-state index in [1.807, 2.05) is 42.5 Å². The van der Waals surface area contributed by atoms with Gasteiger partial charge in [0.15, 0.2) is 0 Å². The van der Waals surface area contributed by atoms with Gasteiger partial charge < -0.3 is 5.11 Å². The highest BCUT2D eigenvalue weighted by Crippen LogP contribution is 2.31. The Hall–Kier alpha value is -1.86. The van der Waals surface area contributed by atoms with Crippen LogP contribution >= 0.6 is 0 Å². The number of aliphatic hydroxyl groups excluding tert-OH is 1. The summed E-state index contributed by atoms with van der Waals surface area (Å²) >= 11 is 0. The van der Waals surface area contributed by atoms with Crippen LogP contribution in [0.1, 0.15) is 45.0 Å². The molecule has 0 aliphatic rings. The quantitative estimate of drug-likeness (QED) is 0.841. The highest BCUT2D eigenvalue weighted by atomic mass is 16.3. The molecule has 0 radical (unpaired) electrons. The van der Waals surface area contributed by atoms with Crippen LogP contribution in [0.25, 0.3) is 6.08 Å². The first-order valence-corrected chi connectivity index (χ1v) is 7.41. The Morgan fingerprint density at radius 3 is 1.76 bits per heavy atom. The number of hydrogen-bond donors (Lipinski definition) is 1. The van der Waals surface area contributed by atoms with E-state index in [4.69, 9.17) is 0 Å². The zero-order valence-corrected chi connectivity index (χ0v) is 13.6. The molecule has 1 nitrogen and oxygen atoms in total. The van der Waals surface area contributed by atoms with Gasteiger partial charge in [0.2, 0.25) is 0 Å². The molecular formula is C20H24O. The summed E-state index contributed by atoms with van der Waals surface area (Å²) in [4.78, 5) is 0. The molecule has 1 N–H and O–H groups in total. The first kappa shape index (κ1) is 15.5. The smallest absolute Gasteiger partial charge is 0.0980 e. The number of hydrogen-bond acceptors (Lipinski definition) is 1.